The van der Waals surface area contributed by atoms with Crippen molar-refractivity contribution in [3.8, 4) is 5.75 Å². The molecule has 1 heterocycles. The number of benzene rings is 2. The Morgan fingerprint density at radius 1 is 1.14 bits per heavy atom. The van der Waals surface area contributed by atoms with Gasteiger partial charge in [0.1, 0.15) is 11.2 Å². The normalized spacial score (nSPS) is 18.4. The van der Waals surface area contributed by atoms with Crippen molar-refractivity contribution >= 4 is 11.9 Å². The van der Waals surface area contributed by atoms with Gasteiger partial charge in [0, 0.05) is 7.11 Å². The lowest BCUT2D eigenvalue weighted by Gasteiger charge is -2.53. The quantitative estimate of drug-likeness (QED) is 0.349. The van der Waals surface area contributed by atoms with Crippen LogP contribution < -0.4 is 15.8 Å². The van der Waals surface area contributed by atoms with Crippen LogP contribution in [0.15, 0.2) is 61.2 Å². The molecule has 1 aliphatic heterocycles. The van der Waals surface area contributed by atoms with Crippen LogP contribution in [0, 0.1) is 12.3 Å². The summed E-state index contributed by atoms with van der Waals surface area (Å²) in [6.07, 6.45) is 2.74. The van der Waals surface area contributed by atoms with Crippen molar-refractivity contribution in [2.75, 3.05) is 13.7 Å². The zero-order chi connectivity index (χ0) is 25.6. The van der Waals surface area contributed by atoms with Gasteiger partial charge in [-0.05, 0) is 49.4 Å². The molecule has 0 unspecified atom stereocenters. The Morgan fingerprint density at radius 2 is 1.74 bits per heavy atom. The maximum Gasteiger partial charge on any atom is 0.327 e. The van der Waals surface area contributed by atoms with E-state index in [4.69, 9.17) is 15.2 Å². The number of urea groups is 1. The summed E-state index contributed by atoms with van der Waals surface area (Å²) < 4.78 is 11.4. The molecule has 0 saturated carbocycles. The molecule has 0 bridgehead atoms. The first kappa shape index (κ1) is 26.4. The average Bonchev–Trinajstić information content (AvgIpc) is 2.85. The molecule has 2 aromatic rings. The highest BCUT2D eigenvalue weighted by molar-refractivity contribution is 6.03. The molecule has 3 amide bonds. The second-order valence-corrected chi connectivity index (χ2v) is 9.08. The average molecular weight is 480 g/mol. The van der Waals surface area contributed by atoms with Gasteiger partial charge in [-0.15, -0.1) is 6.58 Å². The SMILES string of the molecule is C=CC[C@@H](NC(=O)N1C(=O)C(CC)(CC)[C@@H]1Oc1ccc([C@H](N)COC)cc1)c1ccc(C)cc1. The van der Waals surface area contributed by atoms with E-state index in [1.807, 2.05) is 69.3 Å². The predicted molar refractivity (Wildman–Crippen MR) is 137 cm³/mol. The van der Waals surface area contributed by atoms with E-state index < -0.39 is 17.7 Å². The minimum absolute atomic E-state index is 0.218. The van der Waals surface area contributed by atoms with Crippen LogP contribution in [-0.2, 0) is 9.53 Å². The molecule has 188 valence electrons. The molecule has 35 heavy (non-hydrogen) atoms. The number of imide groups is 1. The lowest BCUT2D eigenvalue weighted by atomic mass is 9.72. The molecule has 3 atom stereocenters. The molecule has 7 nitrogen and oxygen atoms in total. The summed E-state index contributed by atoms with van der Waals surface area (Å²) >= 11 is 0. The van der Waals surface area contributed by atoms with Gasteiger partial charge in [0.25, 0.3) is 0 Å². The van der Waals surface area contributed by atoms with Crippen LogP contribution >= 0.6 is 0 Å². The summed E-state index contributed by atoms with van der Waals surface area (Å²) in [5, 5.41) is 3.01. The van der Waals surface area contributed by atoms with Gasteiger partial charge in [0.2, 0.25) is 5.91 Å². The van der Waals surface area contributed by atoms with Crippen LogP contribution in [-0.4, -0.2) is 36.8 Å². The number of ether oxygens (including phenoxy) is 2. The van der Waals surface area contributed by atoms with Crippen molar-refractivity contribution in [2.24, 2.45) is 11.1 Å². The van der Waals surface area contributed by atoms with E-state index >= 15 is 0 Å². The molecule has 0 aliphatic carbocycles. The Morgan fingerprint density at radius 3 is 2.29 bits per heavy atom. The van der Waals surface area contributed by atoms with Crippen LogP contribution in [0.2, 0.25) is 0 Å². The Hall–Kier alpha value is -3.16. The Labute approximate surface area is 208 Å². The Kier molecular flexibility index (Phi) is 8.70. The number of nitrogens with one attached hydrogen (secondary N) is 1. The molecule has 7 heteroatoms. The van der Waals surface area contributed by atoms with Gasteiger partial charge in [0.05, 0.1) is 18.7 Å². The van der Waals surface area contributed by atoms with Gasteiger partial charge >= 0.3 is 6.03 Å². The van der Waals surface area contributed by atoms with Crippen LogP contribution in [0.1, 0.15) is 61.9 Å². The van der Waals surface area contributed by atoms with E-state index in [2.05, 4.69) is 11.9 Å². The van der Waals surface area contributed by atoms with Crippen molar-refractivity contribution in [1.29, 1.82) is 0 Å². The molecule has 0 spiro atoms. The summed E-state index contributed by atoms with van der Waals surface area (Å²) in [6.45, 7) is 10.1. The summed E-state index contributed by atoms with van der Waals surface area (Å²) in [6, 6.07) is 14.3. The van der Waals surface area contributed by atoms with Gasteiger partial charge in [-0.2, -0.15) is 0 Å². The highest BCUT2D eigenvalue weighted by Crippen LogP contribution is 2.46. The number of methoxy groups -OCH3 is 1. The van der Waals surface area contributed by atoms with Gasteiger partial charge in [0.15, 0.2) is 6.23 Å². The second kappa shape index (κ2) is 11.5. The number of hydrogen-bond donors (Lipinski definition) is 2. The number of carbonyl (C=O) groups is 2. The highest BCUT2D eigenvalue weighted by Gasteiger charge is 2.63. The lowest BCUT2D eigenvalue weighted by Crippen LogP contribution is -2.73. The number of hydrogen-bond acceptors (Lipinski definition) is 5. The van der Waals surface area contributed by atoms with Crippen molar-refractivity contribution in [2.45, 2.75) is 58.3 Å². The number of nitrogens with zero attached hydrogens (tertiary/aromatic N) is 1. The summed E-state index contributed by atoms with van der Waals surface area (Å²) in [4.78, 5) is 27.8. The van der Waals surface area contributed by atoms with Gasteiger partial charge in [-0.3, -0.25) is 4.79 Å². The minimum atomic E-state index is -0.750. The van der Waals surface area contributed by atoms with E-state index in [0.717, 1.165) is 16.7 Å². The summed E-state index contributed by atoms with van der Waals surface area (Å²) in [7, 11) is 1.61. The third-order valence-corrected chi connectivity index (χ3v) is 6.91. The van der Waals surface area contributed by atoms with Gasteiger partial charge in [-0.25, -0.2) is 9.69 Å². The van der Waals surface area contributed by atoms with Gasteiger partial charge < -0.3 is 20.5 Å². The lowest BCUT2D eigenvalue weighted by molar-refractivity contribution is -0.191. The largest absolute Gasteiger partial charge is 0.469 e. The molecule has 3 rings (SSSR count). The topological polar surface area (TPSA) is 93.9 Å². The van der Waals surface area contributed by atoms with Crippen LogP contribution in [0.25, 0.3) is 0 Å². The zero-order valence-electron chi connectivity index (χ0n) is 21.1. The predicted octanol–water partition coefficient (Wildman–Crippen LogP) is 5.02. The molecule has 1 fully saturated rings. The summed E-state index contributed by atoms with van der Waals surface area (Å²) in [5.41, 5.74) is 8.36. The molecule has 1 aliphatic rings. The monoisotopic (exact) mass is 479 g/mol. The second-order valence-electron chi connectivity index (χ2n) is 9.08. The highest BCUT2D eigenvalue weighted by atomic mass is 16.5. The van der Waals surface area contributed by atoms with Crippen LogP contribution in [0.3, 0.4) is 0 Å². The fourth-order valence-corrected chi connectivity index (χ4v) is 4.56. The first-order chi connectivity index (χ1) is 16.8. The fourth-order valence-electron chi connectivity index (χ4n) is 4.56. The van der Waals surface area contributed by atoms with E-state index in [9.17, 15) is 9.59 Å². The van der Waals surface area contributed by atoms with Crippen molar-refractivity contribution < 1.29 is 19.1 Å². The Bertz CT molecular complexity index is 1020. The maximum atomic E-state index is 13.3. The number of aryl methyl sites for hydroxylation is 1. The number of rotatable bonds is 11. The fraction of sp³-hybridized carbons (Fsp3) is 0.429. The van der Waals surface area contributed by atoms with E-state index in [-0.39, 0.29) is 18.0 Å². The maximum absolute atomic E-state index is 13.3. The number of carbonyl (C=O) groups excluding carboxylic acids is 2. The number of nitrogens with two attached hydrogens (primary N) is 1. The first-order valence-electron chi connectivity index (χ1n) is 12.1. The molecule has 0 aromatic heterocycles. The molecule has 1 saturated heterocycles. The molecule has 0 radical (unpaired) electrons. The number of amides is 3. The molecule has 3 N–H and O–H groups in total. The van der Waals surface area contributed by atoms with E-state index in [1.165, 1.54) is 4.90 Å². The third-order valence-electron chi connectivity index (χ3n) is 6.91. The van der Waals surface area contributed by atoms with E-state index in [0.29, 0.717) is 31.6 Å². The van der Waals surface area contributed by atoms with Crippen molar-refractivity contribution in [3.05, 3.63) is 77.9 Å². The molecular weight excluding hydrogens is 442 g/mol. The Balaban J connectivity index is 1.81. The zero-order valence-corrected chi connectivity index (χ0v) is 21.1. The number of β-lactam (4-membered cyclic amide) rings is 1. The van der Waals surface area contributed by atoms with Crippen LogP contribution in [0.5, 0.6) is 5.75 Å². The first-order valence-corrected chi connectivity index (χ1v) is 12.1. The third kappa shape index (κ3) is 5.41. The standard InChI is InChI=1S/C28H37N3O4/c1-6-9-24(21-12-10-19(4)11-13-21)30-27(33)31-25(32)28(7-2,8-3)26(31)35-22-16-14-20(15-17-22)23(29)18-34-5/h6,10-17,23-24,26H,1,7-9,18,29H2,2-5H3,(H,30,33)/t23-,24-,26+/m1/s1. The van der Waals surface area contributed by atoms with Gasteiger partial charge in [-0.1, -0.05) is 61.9 Å². The number of likely N-dealkylation sites (tertiary alicyclic amines) is 1. The van der Waals surface area contributed by atoms with Crippen molar-refractivity contribution in [3.63, 3.8) is 0 Å². The van der Waals surface area contributed by atoms with E-state index in [1.54, 1.807) is 13.2 Å². The smallest absolute Gasteiger partial charge is 0.327 e. The minimum Gasteiger partial charge on any atom is -0.469 e. The molecule has 2 aromatic carbocycles. The van der Waals surface area contributed by atoms with Crippen molar-refractivity contribution in [1.82, 2.24) is 10.2 Å². The summed E-state index contributed by atoms with van der Waals surface area (Å²) in [5.74, 6) is 0.353. The molecular formula is C28H37N3O4. The van der Waals surface area contributed by atoms with Crippen LogP contribution in [0.4, 0.5) is 4.79 Å².